The molecule has 2 aromatic carbocycles. The lowest BCUT2D eigenvalue weighted by molar-refractivity contribution is -0.122. The van der Waals surface area contributed by atoms with E-state index in [2.05, 4.69) is 10.4 Å². The average molecular weight is 363 g/mol. The van der Waals surface area contributed by atoms with Gasteiger partial charge in [0.2, 0.25) is 5.91 Å². The van der Waals surface area contributed by atoms with Gasteiger partial charge in [0.05, 0.1) is 17.2 Å². The predicted molar refractivity (Wildman–Crippen MR) is 103 cm³/mol. The summed E-state index contributed by atoms with van der Waals surface area (Å²) in [5.74, 6) is -0.241. The van der Waals surface area contributed by atoms with Gasteiger partial charge >= 0.3 is 0 Å². The number of nitrogens with zero attached hydrogens (tertiary/aromatic N) is 2. The fraction of sp³-hybridized carbons (Fsp3) is 0.286. The molecule has 1 atom stereocenters. The monoisotopic (exact) mass is 363 g/mol. The summed E-state index contributed by atoms with van der Waals surface area (Å²) in [6.45, 7) is 1.09. The summed E-state index contributed by atoms with van der Waals surface area (Å²) in [5, 5.41) is 8.68. The molecule has 1 saturated heterocycles. The summed E-state index contributed by atoms with van der Waals surface area (Å²) in [6.07, 6.45) is 2.04. The van der Waals surface area contributed by atoms with Crippen LogP contribution in [0.5, 0.6) is 0 Å². The molecule has 6 heteroatoms. The number of hydrogen-bond donors (Lipinski definition) is 1. The van der Waals surface area contributed by atoms with Crippen molar-refractivity contribution >= 4 is 16.7 Å². The fourth-order valence-corrected chi connectivity index (χ4v) is 3.38. The van der Waals surface area contributed by atoms with E-state index in [0.717, 1.165) is 30.4 Å². The third-order valence-electron chi connectivity index (χ3n) is 4.76. The van der Waals surface area contributed by atoms with Crippen LogP contribution in [0, 0.1) is 0 Å². The molecule has 27 heavy (non-hydrogen) atoms. The number of benzene rings is 2. The summed E-state index contributed by atoms with van der Waals surface area (Å²) >= 11 is 0. The molecule has 2 heterocycles. The van der Waals surface area contributed by atoms with Crippen LogP contribution in [0.2, 0.25) is 0 Å². The zero-order valence-electron chi connectivity index (χ0n) is 14.9. The van der Waals surface area contributed by atoms with E-state index in [1.807, 2.05) is 48.5 Å². The van der Waals surface area contributed by atoms with Gasteiger partial charge in [-0.25, -0.2) is 4.68 Å². The van der Waals surface area contributed by atoms with Crippen molar-refractivity contribution in [3.63, 3.8) is 0 Å². The van der Waals surface area contributed by atoms with Gasteiger partial charge in [-0.1, -0.05) is 48.5 Å². The molecule has 0 spiro atoms. The lowest BCUT2D eigenvalue weighted by Crippen LogP contribution is -2.37. The molecule has 1 aliphatic heterocycles. The molecule has 1 N–H and O–H groups in total. The quantitative estimate of drug-likeness (QED) is 0.755. The van der Waals surface area contributed by atoms with Gasteiger partial charge in [0.25, 0.3) is 5.56 Å². The van der Waals surface area contributed by atoms with Gasteiger partial charge < -0.3 is 10.1 Å². The van der Waals surface area contributed by atoms with Crippen molar-refractivity contribution in [3.8, 4) is 11.3 Å². The van der Waals surface area contributed by atoms with E-state index in [1.165, 1.54) is 4.68 Å². The average Bonchev–Trinajstić information content (AvgIpc) is 3.23. The highest BCUT2D eigenvalue weighted by Crippen LogP contribution is 2.24. The molecule has 1 aromatic heterocycles. The summed E-state index contributed by atoms with van der Waals surface area (Å²) in [6, 6.07) is 17.0. The highest BCUT2D eigenvalue weighted by molar-refractivity contribution is 5.93. The first-order valence-electron chi connectivity index (χ1n) is 9.16. The van der Waals surface area contributed by atoms with E-state index >= 15 is 0 Å². The highest BCUT2D eigenvalue weighted by atomic mass is 16.5. The van der Waals surface area contributed by atoms with Crippen LogP contribution in [0.1, 0.15) is 12.8 Å². The molecule has 0 saturated carbocycles. The maximum atomic E-state index is 12.8. The molecular weight excluding hydrogens is 342 g/mol. The fourth-order valence-electron chi connectivity index (χ4n) is 3.38. The zero-order valence-corrected chi connectivity index (χ0v) is 14.9. The number of carbonyl (C=O) groups is 1. The maximum absolute atomic E-state index is 12.8. The van der Waals surface area contributed by atoms with Crippen LogP contribution in [-0.4, -0.2) is 34.9 Å². The second-order valence-electron chi connectivity index (χ2n) is 6.66. The molecule has 0 bridgehead atoms. The topological polar surface area (TPSA) is 73.2 Å². The molecule has 1 aliphatic rings. The number of amides is 1. The third-order valence-corrected chi connectivity index (χ3v) is 4.76. The van der Waals surface area contributed by atoms with E-state index in [9.17, 15) is 9.59 Å². The summed E-state index contributed by atoms with van der Waals surface area (Å²) in [7, 11) is 0. The zero-order chi connectivity index (χ0) is 18.6. The SMILES string of the molecule is O=C(Cn1nc(-c2ccccc2)c2ccccc2c1=O)NC[C@@H]1CCCO1. The van der Waals surface area contributed by atoms with Crippen molar-refractivity contribution in [1.29, 1.82) is 0 Å². The van der Waals surface area contributed by atoms with Crippen molar-refractivity contribution in [1.82, 2.24) is 15.1 Å². The van der Waals surface area contributed by atoms with E-state index in [0.29, 0.717) is 17.6 Å². The molecule has 1 fully saturated rings. The first-order valence-corrected chi connectivity index (χ1v) is 9.16. The normalized spacial score (nSPS) is 16.5. The number of rotatable bonds is 5. The summed E-state index contributed by atoms with van der Waals surface area (Å²) in [4.78, 5) is 25.1. The Bertz CT molecular complexity index is 1010. The van der Waals surface area contributed by atoms with E-state index in [4.69, 9.17) is 4.74 Å². The number of carbonyl (C=O) groups excluding carboxylic acids is 1. The molecule has 138 valence electrons. The Morgan fingerprint density at radius 1 is 1.11 bits per heavy atom. The molecule has 0 aliphatic carbocycles. The molecule has 0 radical (unpaired) electrons. The molecule has 1 amide bonds. The van der Waals surface area contributed by atoms with Crippen LogP contribution in [0.4, 0.5) is 0 Å². The Hall–Kier alpha value is -2.99. The van der Waals surface area contributed by atoms with Crippen LogP contribution in [0.15, 0.2) is 59.4 Å². The van der Waals surface area contributed by atoms with Gasteiger partial charge in [-0.15, -0.1) is 0 Å². The lowest BCUT2D eigenvalue weighted by atomic mass is 10.1. The van der Waals surface area contributed by atoms with Crippen molar-refractivity contribution in [3.05, 3.63) is 65.0 Å². The van der Waals surface area contributed by atoms with Crippen LogP contribution >= 0.6 is 0 Å². The number of aromatic nitrogens is 2. The minimum Gasteiger partial charge on any atom is -0.376 e. The minimum atomic E-state index is -0.266. The van der Waals surface area contributed by atoms with E-state index < -0.39 is 0 Å². The largest absolute Gasteiger partial charge is 0.376 e. The Morgan fingerprint density at radius 2 is 1.85 bits per heavy atom. The van der Waals surface area contributed by atoms with Crippen molar-refractivity contribution in [2.24, 2.45) is 0 Å². The van der Waals surface area contributed by atoms with Crippen LogP contribution in [-0.2, 0) is 16.1 Å². The lowest BCUT2D eigenvalue weighted by Gasteiger charge is -2.13. The highest BCUT2D eigenvalue weighted by Gasteiger charge is 2.17. The second-order valence-corrected chi connectivity index (χ2v) is 6.66. The van der Waals surface area contributed by atoms with Gasteiger partial charge in [0.15, 0.2) is 0 Å². The van der Waals surface area contributed by atoms with Crippen molar-refractivity contribution in [2.75, 3.05) is 13.2 Å². The Labute approximate surface area is 156 Å². The van der Waals surface area contributed by atoms with E-state index in [1.54, 1.807) is 6.07 Å². The predicted octanol–water partition coefficient (Wildman–Crippen LogP) is 2.36. The third kappa shape index (κ3) is 3.75. The second kappa shape index (κ2) is 7.72. The van der Waals surface area contributed by atoms with Gasteiger partial charge in [-0.3, -0.25) is 9.59 Å². The first-order chi connectivity index (χ1) is 13.2. The molecule has 0 unspecified atom stereocenters. The van der Waals surface area contributed by atoms with Crippen molar-refractivity contribution < 1.29 is 9.53 Å². The summed E-state index contributed by atoms with van der Waals surface area (Å²) in [5.41, 5.74) is 1.33. The first kappa shape index (κ1) is 17.4. The van der Waals surface area contributed by atoms with Crippen LogP contribution < -0.4 is 10.9 Å². The van der Waals surface area contributed by atoms with Gasteiger partial charge in [-0.05, 0) is 18.9 Å². The molecular formula is C21H21N3O3. The molecule has 6 nitrogen and oxygen atoms in total. The Morgan fingerprint density at radius 3 is 2.59 bits per heavy atom. The van der Waals surface area contributed by atoms with Gasteiger partial charge in [0, 0.05) is 24.1 Å². The standard InChI is InChI=1S/C21H21N3O3/c25-19(22-13-16-9-6-12-27-16)14-24-21(26)18-11-5-4-10-17(18)20(23-24)15-7-2-1-3-8-15/h1-5,7-8,10-11,16H,6,9,12-14H2,(H,22,25)/t16-/m0/s1. The Kier molecular flexibility index (Phi) is 4.98. The van der Waals surface area contributed by atoms with Gasteiger partial charge in [-0.2, -0.15) is 5.10 Å². The van der Waals surface area contributed by atoms with Gasteiger partial charge in [0.1, 0.15) is 6.54 Å². The molecule has 3 aromatic rings. The summed E-state index contributed by atoms with van der Waals surface area (Å²) < 4.78 is 6.76. The number of nitrogens with one attached hydrogen (secondary N) is 1. The number of fused-ring (bicyclic) bond motifs is 1. The minimum absolute atomic E-state index is 0.0649. The maximum Gasteiger partial charge on any atom is 0.275 e. The van der Waals surface area contributed by atoms with Crippen molar-refractivity contribution in [2.45, 2.75) is 25.5 Å². The van der Waals surface area contributed by atoms with E-state index in [-0.39, 0.29) is 24.1 Å². The number of hydrogen-bond acceptors (Lipinski definition) is 4. The number of ether oxygens (including phenoxy) is 1. The van der Waals surface area contributed by atoms with Crippen LogP contribution in [0.3, 0.4) is 0 Å². The smallest absolute Gasteiger partial charge is 0.275 e. The van der Waals surface area contributed by atoms with Crippen LogP contribution in [0.25, 0.3) is 22.0 Å². The Balaban J connectivity index is 1.65. The molecule has 4 rings (SSSR count).